The number of nitrogens with zero attached hydrogens (tertiary/aromatic N) is 1. The summed E-state index contributed by atoms with van der Waals surface area (Å²) >= 11 is 0. The van der Waals surface area contributed by atoms with Gasteiger partial charge in [-0.3, -0.25) is 4.79 Å². The number of likely N-dealkylation sites (tertiary alicyclic amines) is 1. The smallest absolute Gasteiger partial charge is 0.223 e. The Kier molecular flexibility index (Phi) is 6.54. The Bertz CT molecular complexity index is 422. The molecule has 0 aromatic heterocycles. The van der Waals surface area contributed by atoms with Gasteiger partial charge in [-0.1, -0.05) is 25.1 Å². The lowest BCUT2D eigenvalue weighted by molar-refractivity contribution is -0.121. The van der Waals surface area contributed by atoms with Gasteiger partial charge in [0.15, 0.2) is 0 Å². The molecule has 0 spiro atoms. The van der Waals surface area contributed by atoms with Crippen LogP contribution in [0.1, 0.15) is 26.2 Å². The molecular weight excluding hydrogens is 264 g/mol. The lowest BCUT2D eigenvalue weighted by Crippen LogP contribution is -2.40. The van der Waals surface area contributed by atoms with Gasteiger partial charge in [-0.25, -0.2) is 0 Å². The highest BCUT2D eigenvalue weighted by Crippen LogP contribution is 2.15. The number of rotatable bonds is 7. The predicted molar refractivity (Wildman–Crippen MR) is 84.4 cm³/mol. The van der Waals surface area contributed by atoms with Crippen molar-refractivity contribution in [1.29, 1.82) is 0 Å². The molecule has 1 amide bonds. The highest BCUT2D eigenvalue weighted by Gasteiger charge is 2.18. The van der Waals surface area contributed by atoms with E-state index in [1.807, 2.05) is 30.3 Å². The van der Waals surface area contributed by atoms with Crippen molar-refractivity contribution >= 4 is 5.91 Å². The van der Waals surface area contributed by atoms with Crippen molar-refractivity contribution in [2.24, 2.45) is 5.92 Å². The maximum Gasteiger partial charge on any atom is 0.223 e. The third-order valence-corrected chi connectivity index (χ3v) is 3.98. The molecule has 1 aromatic carbocycles. The maximum atomic E-state index is 11.8. The number of para-hydroxylation sites is 1. The number of benzene rings is 1. The molecule has 4 heteroatoms. The number of hydrogen-bond donors (Lipinski definition) is 1. The van der Waals surface area contributed by atoms with Gasteiger partial charge in [-0.2, -0.15) is 0 Å². The molecule has 1 aliphatic heterocycles. The summed E-state index contributed by atoms with van der Waals surface area (Å²) in [5.74, 6) is 1.49. The van der Waals surface area contributed by atoms with Crippen LogP contribution in [0.4, 0.5) is 0 Å². The first kappa shape index (κ1) is 15.8. The van der Waals surface area contributed by atoms with Gasteiger partial charge < -0.3 is 15.0 Å². The summed E-state index contributed by atoms with van der Waals surface area (Å²) < 4.78 is 5.53. The molecule has 1 atom stereocenters. The van der Waals surface area contributed by atoms with Gasteiger partial charge in [0, 0.05) is 13.1 Å². The van der Waals surface area contributed by atoms with E-state index in [9.17, 15) is 4.79 Å². The van der Waals surface area contributed by atoms with E-state index < -0.39 is 0 Å². The van der Waals surface area contributed by atoms with E-state index in [4.69, 9.17) is 4.74 Å². The molecule has 21 heavy (non-hydrogen) atoms. The zero-order chi connectivity index (χ0) is 14.9. The van der Waals surface area contributed by atoms with Crippen molar-refractivity contribution in [3.05, 3.63) is 30.3 Å². The van der Waals surface area contributed by atoms with Crippen LogP contribution in [0.25, 0.3) is 0 Å². The molecule has 0 saturated carbocycles. The van der Waals surface area contributed by atoms with Crippen molar-refractivity contribution in [1.82, 2.24) is 10.2 Å². The summed E-state index contributed by atoms with van der Waals surface area (Å²) in [7, 11) is 0. The van der Waals surface area contributed by atoms with E-state index in [0.717, 1.165) is 25.4 Å². The summed E-state index contributed by atoms with van der Waals surface area (Å²) in [4.78, 5) is 14.3. The summed E-state index contributed by atoms with van der Waals surface area (Å²) in [6.07, 6.45) is 2.88. The zero-order valence-electron chi connectivity index (χ0n) is 12.9. The van der Waals surface area contributed by atoms with Gasteiger partial charge in [-0.05, 0) is 44.0 Å². The Morgan fingerprint density at radius 2 is 2.19 bits per heavy atom. The molecule has 0 aliphatic carbocycles. The van der Waals surface area contributed by atoms with Crippen LogP contribution in [0.3, 0.4) is 0 Å². The Labute approximate surface area is 127 Å². The highest BCUT2D eigenvalue weighted by atomic mass is 16.5. The molecule has 2 rings (SSSR count). The van der Waals surface area contributed by atoms with Crippen LogP contribution in [-0.4, -0.2) is 43.6 Å². The number of carbonyl (C=O) groups excluding carboxylic acids is 1. The monoisotopic (exact) mass is 290 g/mol. The molecule has 0 bridgehead atoms. The standard InChI is InChI=1S/C17H26N2O2/c1-2-19-11-6-7-15(14-19)13-18-17(20)10-12-21-16-8-4-3-5-9-16/h3-5,8-9,15H,2,6-7,10-14H2,1H3,(H,18,20). The van der Waals surface area contributed by atoms with Crippen molar-refractivity contribution in [2.75, 3.05) is 32.8 Å². The number of carbonyl (C=O) groups is 1. The molecule has 1 aromatic rings. The lowest BCUT2D eigenvalue weighted by atomic mass is 9.98. The van der Waals surface area contributed by atoms with Gasteiger partial charge in [-0.15, -0.1) is 0 Å². The average Bonchev–Trinajstić information content (AvgIpc) is 2.54. The summed E-state index contributed by atoms with van der Waals surface area (Å²) in [6, 6.07) is 9.61. The minimum absolute atomic E-state index is 0.0829. The third kappa shape index (κ3) is 5.76. The van der Waals surface area contributed by atoms with Crippen LogP contribution in [0, 0.1) is 5.92 Å². The third-order valence-electron chi connectivity index (χ3n) is 3.98. The van der Waals surface area contributed by atoms with E-state index in [1.54, 1.807) is 0 Å². The number of nitrogens with one attached hydrogen (secondary N) is 1. The highest BCUT2D eigenvalue weighted by molar-refractivity contribution is 5.75. The Morgan fingerprint density at radius 1 is 1.38 bits per heavy atom. The van der Waals surface area contributed by atoms with Crippen LogP contribution in [0.15, 0.2) is 30.3 Å². The van der Waals surface area contributed by atoms with Crippen molar-refractivity contribution in [3.8, 4) is 5.75 Å². The quantitative estimate of drug-likeness (QED) is 0.838. The number of piperidine rings is 1. The van der Waals surface area contributed by atoms with Gasteiger partial charge in [0.25, 0.3) is 0 Å². The number of hydrogen-bond acceptors (Lipinski definition) is 3. The second-order valence-corrected chi connectivity index (χ2v) is 5.62. The van der Waals surface area contributed by atoms with Crippen LogP contribution in [-0.2, 0) is 4.79 Å². The summed E-state index contributed by atoms with van der Waals surface area (Å²) in [5, 5.41) is 3.04. The van der Waals surface area contributed by atoms with Gasteiger partial charge in [0.05, 0.1) is 13.0 Å². The Hall–Kier alpha value is -1.55. The van der Waals surface area contributed by atoms with Gasteiger partial charge in [0.2, 0.25) is 5.91 Å². The van der Waals surface area contributed by atoms with Crippen LogP contribution in [0.2, 0.25) is 0 Å². The first-order valence-corrected chi connectivity index (χ1v) is 7.95. The lowest BCUT2D eigenvalue weighted by Gasteiger charge is -2.31. The fourth-order valence-electron chi connectivity index (χ4n) is 2.73. The SMILES string of the molecule is CCN1CCCC(CNC(=O)CCOc2ccccc2)C1. The molecule has 1 unspecified atom stereocenters. The van der Waals surface area contributed by atoms with Crippen molar-refractivity contribution in [2.45, 2.75) is 26.2 Å². The van der Waals surface area contributed by atoms with E-state index in [-0.39, 0.29) is 5.91 Å². The van der Waals surface area contributed by atoms with Crippen molar-refractivity contribution in [3.63, 3.8) is 0 Å². The molecular formula is C17H26N2O2. The molecule has 1 fully saturated rings. The molecule has 1 heterocycles. The topological polar surface area (TPSA) is 41.6 Å². The average molecular weight is 290 g/mol. The molecule has 4 nitrogen and oxygen atoms in total. The van der Waals surface area contributed by atoms with E-state index in [0.29, 0.717) is 18.9 Å². The molecule has 1 saturated heterocycles. The fraction of sp³-hybridized carbons (Fsp3) is 0.588. The number of ether oxygens (including phenoxy) is 1. The minimum Gasteiger partial charge on any atom is -0.493 e. The first-order chi connectivity index (χ1) is 10.3. The van der Waals surface area contributed by atoms with Crippen molar-refractivity contribution < 1.29 is 9.53 Å². The zero-order valence-corrected chi connectivity index (χ0v) is 12.9. The Morgan fingerprint density at radius 3 is 2.95 bits per heavy atom. The number of amides is 1. The Balaban J connectivity index is 1.59. The summed E-state index contributed by atoms with van der Waals surface area (Å²) in [6.45, 7) is 6.84. The largest absolute Gasteiger partial charge is 0.493 e. The molecule has 116 valence electrons. The summed E-state index contributed by atoms with van der Waals surface area (Å²) in [5.41, 5.74) is 0. The molecule has 1 N–H and O–H groups in total. The first-order valence-electron chi connectivity index (χ1n) is 7.95. The van der Waals surface area contributed by atoms with E-state index in [1.165, 1.54) is 19.4 Å². The predicted octanol–water partition coefficient (Wildman–Crippen LogP) is 2.30. The van der Waals surface area contributed by atoms with E-state index >= 15 is 0 Å². The van der Waals surface area contributed by atoms with E-state index in [2.05, 4.69) is 17.1 Å². The van der Waals surface area contributed by atoms with Gasteiger partial charge >= 0.3 is 0 Å². The molecule has 0 radical (unpaired) electrons. The second-order valence-electron chi connectivity index (χ2n) is 5.62. The maximum absolute atomic E-state index is 11.8. The van der Waals surface area contributed by atoms with Crippen LogP contribution >= 0.6 is 0 Å². The second kappa shape index (κ2) is 8.67. The van der Waals surface area contributed by atoms with Crippen LogP contribution < -0.4 is 10.1 Å². The normalized spacial score (nSPS) is 19.2. The van der Waals surface area contributed by atoms with Crippen LogP contribution in [0.5, 0.6) is 5.75 Å². The van der Waals surface area contributed by atoms with Gasteiger partial charge in [0.1, 0.15) is 5.75 Å². The fourth-order valence-corrected chi connectivity index (χ4v) is 2.73. The minimum atomic E-state index is 0.0829. The molecule has 1 aliphatic rings.